The summed E-state index contributed by atoms with van der Waals surface area (Å²) in [4.78, 5) is 15.7. The Morgan fingerprint density at radius 2 is 2.17 bits per heavy atom. The second-order valence-corrected chi connectivity index (χ2v) is 5.66. The lowest BCUT2D eigenvalue weighted by Gasteiger charge is -2.32. The molecule has 1 aromatic carbocycles. The number of para-hydroxylation sites is 1. The van der Waals surface area contributed by atoms with E-state index in [2.05, 4.69) is 15.5 Å². The summed E-state index contributed by atoms with van der Waals surface area (Å²) in [6.45, 7) is 3.66. The monoisotopic (exact) mass is 351 g/mol. The van der Waals surface area contributed by atoms with E-state index in [1.54, 1.807) is 22.9 Å². The summed E-state index contributed by atoms with van der Waals surface area (Å²) in [7, 11) is 1.77. The molecule has 24 heavy (non-hydrogen) atoms. The fraction of sp³-hybridized carbons (Fsp3) is 0.438. The normalized spacial score (nSPS) is 20.2. The Morgan fingerprint density at radius 3 is 2.88 bits per heavy atom. The first kappa shape index (κ1) is 18.4. The van der Waals surface area contributed by atoms with Crippen molar-refractivity contribution in [1.29, 1.82) is 0 Å². The topological polar surface area (TPSA) is 72.3 Å². The van der Waals surface area contributed by atoms with Crippen LogP contribution in [0.15, 0.2) is 36.5 Å². The van der Waals surface area contributed by atoms with E-state index < -0.39 is 0 Å². The fourth-order valence-electron chi connectivity index (χ4n) is 2.62. The number of aromatic nitrogens is 3. The number of likely N-dealkylation sites (N-methyl/N-ethyl adjacent to an activating group) is 1. The molecule has 130 valence electrons. The molecule has 2 aromatic rings. The molecule has 1 aliphatic heterocycles. The summed E-state index contributed by atoms with van der Waals surface area (Å²) in [6, 6.07) is 9.38. The lowest BCUT2D eigenvalue weighted by molar-refractivity contribution is -0.138. The van der Waals surface area contributed by atoms with Crippen molar-refractivity contribution in [3.8, 4) is 5.69 Å². The van der Waals surface area contributed by atoms with Gasteiger partial charge in [-0.3, -0.25) is 4.79 Å². The molecular weight excluding hydrogens is 330 g/mol. The van der Waals surface area contributed by atoms with Gasteiger partial charge in [-0.05, 0) is 19.1 Å². The third kappa shape index (κ3) is 4.11. The third-order valence-corrected chi connectivity index (χ3v) is 3.88. The number of carbonyl (C=O) groups is 1. The average Bonchev–Trinajstić information content (AvgIpc) is 3.04. The Hall–Kier alpha value is -1.96. The van der Waals surface area contributed by atoms with Gasteiger partial charge in [0.25, 0.3) is 0 Å². The van der Waals surface area contributed by atoms with Crippen molar-refractivity contribution in [2.24, 2.45) is 0 Å². The minimum Gasteiger partial charge on any atom is -0.375 e. The lowest BCUT2D eigenvalue weighted by Crippen LogP contribution is -2.55. The number of halogens is 1. The maximum absolute atomic E-state index is 12.5. The lowest BCUT2D eigenvalue weighted by atomic mass is 10.1. The van der Waals surface area contributed by atoms with E-state index in [-0.39, 0.29) is 30.5 Å². The van der Waals surface area contributed by atoms with Crippen LogP contribution in [-0.2, 0) is 16.1 Å². The van der Waals surface area contributed by atoms with Crippen LogP contribution in [-0.4, -0.2) is 58.1 Å². The second-order valence-electron chi connectivity index (χ2n) is 5.66. The number of hydrogen-bond donors (Lipinski definition) is 1. The maximum Gasteiger partial charge on any atom is 0.242 e. The number of rotatable bonds is 4. The molecule has 0 bridgehead atoms. The van der Waals surface area contributed by atoms with E-state index in [1.165, 1.54) is 0 Å². The average molecular weight is 352 g/mol. The molecular formula is C16H22ClN5O2. The molecule has 1 aliphatic rings. The van der Waals surface area contributed by atoms with E-state index in [0.29, 0.717) is 19.7 Å². The van der Waals surface area contributed by atoms with Crippen molar-refractivity contribution < 1.29 is 9.53 Å². The molecule has 7 nitrogen and oxygen atoms in total. The second kappa shape index (κ2) is 8.23. The fourth-order valence-corrected chi connectivity index (χ4v) is 2.62. The molecule has 0 radical (unpaired) electrons. The number of morpholine rings is 1. The first-order valence-corrected chi connectivity index (χ1v) is 7.72. The van der Waals surface area contributed by atoms with Crippen LogP contribution >= 0.6 is 12.4 Å². The maximum atomic E-state index is 12.5. The van der Waals surface area contributed by atoms with Crippen LogP contribution in [0.25, 0.3) is 5.69 Å². The standard InChI is InChI=1S/C16H21N5O2.ClH/c1-12-15(17-8-9-23-12)16(22)20(2)11-13-10-18-21(19-13)14-6-4-3-5-7-14;/h3-7,10,12,15,17H,8-9,11H2,1-2H3;1H/t12-,15+;/m1./s1. The van der Waals surface area contributed by atoms with E-state index >= 15 is 0 Å². The van der Waals surface area contributed by atoms with Crippen LogP contribution in [0.3, 0.4) is 0 Å². The van der Waals surface area contributed by atoms with Gasteiger partial charge in [0.2, 0.25) is 5.91 Å². The Morgan fingerprint density at radius 1 is 1.42 bits per heavy atom. The highest BCUT2D eigenvalue weighted by molar-refractivity contribution is 5.85. The highest BCUT2D eigenvalue weighted by Crippen LogP contribution is 2.10. The molecule has 0 aliphatic carbocycles. The molecule has 2 heterocycles. The van der Waals surface area contributed by atoms with Crippen molar-refractivity contribution in [2.75, 3.05) is 20.2 Å². The van der Waals surface area contributed by atoms with Crippen molar-refractivity contribution in [3.05, 3.63) is 42.2 Å². The van der Waals surface area contributed by atoms with Crippen LogP contribution in [0.1, 0.15) is 12.6 Å². The number of nitrogens with one attached hydrogen (secondary N) is 1. The zero-order valence-corrected chi connectivity index (χ0v) is 14.6. The number of carbonyl (C=O) groups excluding carboxylic acids is 1. The van der Waals surface area contributed by atoms with Crippen LogP contribution in [0, 0.1) is 0 Å². The zero-order chi connectivity index (χ0) is 16.2. The number of nitrogens with zero attached hydrogens (tertiary/aromatic N) is 4. The number of amides is 1. The Labute approximate surface area is 147 Å². The zero-order valence-electron chi connectivity index (χ0n) is 13.8. The van der Waals surface area contributed by atoms with Gasteiger partial charge in [-0.15, -0.1) is 12.4 Å². The quantitative estimate of drug-likeness (QED) is 0.890. The third-order valence-electron chi connectivity index (χ3n) is 3.88. The molecule has 1 saturated heterocycles. The van der Waals surface area contributed by atoms with Gasteiger partial charge in [-0.25, -0.2) is 0 Å². The predicted molar refractivity (Wildman–Crippen MR) is 92.3 cm³/mol. The van der Waals surface area contributed by atoms with Crippen LogP contribution in [0.2, 0.25) is 0 Å². The SMILES string of the molecule is C[C@H]1OCCN[C@@H]1C(=O)N(C)Cc1cnn(-c2ccccc2)n1.Cl. The van der Waals surface area contributed by atoms with Gasteiger partial charge in [0.05, 0.1) is 31.1 Å². The summed E-state index contributed by atoms with van der Waals surface area (Å²) >= 11 is 0. The molecule has 2 atom stereocenters. The molecule has 8 heteroatoms. The summed E-state index contributed by atoms with van der Waals surface area (Å²) in [5.74, 6) is 0.00598. The smallest absolute Gasteiger partial charge is 0.242 e. The van der Waals surface area contributed by atoms with Gasteiger partial charge >= 0.3 is 0 Å². The van der Waals surface area contributed by atoms with E-state index in [0.717, 1.165) is 11.4 Å². The van der Waals surface area contributed by atoms with Gasteiger partial charge in [0, 0.05) is 13.6 Å². The van der Waals surface area contributed by atoms with E-state index in [9.17, 15) is 4.79 Å². The predicted octanol–water partition coefficient (Wildman–Crippen LogP) is 1.02. The minimum absolute atomic E-state index is 0. The van der Waals surface area contributed by atoms with Crippen LogP contribution in [0.4, 0.5) is 0 Å². The Kier molecular flexibility index (Phi) is 6.30. The molecule has 1 aromatic heterocycles. The van der Waals surface area contributed by atoms with Crippen molar-refractivity contribution in [2.45, 2.75) is 25.6 Å². The molecule has 1 amide bonds. The van der Waals surface area contributed by atoms with Crippen molar-refractivity contribution >= 4 is 18.3 Å². The highest BCUT2D eigenvalue weighted by Gasteiger charge is 2.30. The van der Waals surface area contributed by atoms with Crippen LogP contribution < -0.4 is 5.32 Å². The van der Waals surface area contributed by atoms with Crippen molar-refractivity contribution in [1.82, 2.24) is 25.2 Å². The van der Waals surface area contributed by atoms with Gasteiger partial charge in [-0.2, -0.15) is 15.0 Å². The summed E-state index contributed by atoms with van der Waals surface area (Å²) in [5, 5.41) is 11.9. The number of hydrogen-bond acceptors (Lipinski definition) is 5. The molecule has 3 rings (SSSR count). The molecule has 0 saturated carbocycles. The highest BCUT2D eigenvalue weighted by atomic mass is 35.5. The van der Waals surface area contributed by atoms with Gasteiger partial charge in [-0.1, -0.05) is 18.2 Å². The van der Waals surface area contributed by atoms with E-state index in [1.807, 2.05) is 37.3 Å². The number of benzene rings is 1. The number of ether oxygens (including phenoxy) is 1. The Bertz CT molecular complexity index is 663. The molecule has 1 fully saturated rings. The largest absolute Gasteiger partial charge is 0.375 e. The summed E-state index contributed by atoms with van der Waals surface area (Å²) in [6.07, 6.45) is 1.56. The first-order chi connectivity index (χ1) is 11.1. The van der Waals surface area contributed by atoms with Crippen LogP contribution in [0.5, 0.6) is 0 Å². The summed E-state index contributed by atoms with van der Waals surface area (Å²) in [5.41, 5.74) is 1.64. The Balaban J connectivity index is 0.00000208. The molecule has 1 N–H and O–H groups in total. The molecule has 0 spiro atoms. The molecule has 0 unspecified atom stereocenters. The summed E-state index contributed by atoms with van der Waals surface area (Å²) < 4.78 is 5.53. The first-order valence-electron chi connectivity index (χ1n) is 7.72. The van der Waals surface area contributed by atoms with E-state index in [4.69, 9.17) is 4.74 Å². The van der Waals surface area contributed by atoms with Gasteiger partial charge in [0.1, 0.15) is 11.7 Å². The minimum atomic E-state index is -0.307. The van der Waals surface area contributed by atoms with Gasteiger partial charge in [0.15, 0.2) is 0 Å². The van der Waals surface area contributed by atoms with Crippen molar-refractivity contribution in [3.63, 3.8) is 0 Å². The van der Waals surface area contributed by atoms with Gasteiger partial charge < -0.3 is 15.0 Å².